The Morgan fingerprint density at radius 3 is 2.06 bits per heavy atom. The van der Waals surface area contributed by atoms with Gasteiger partial charge in [-0.15, -0.1) is 0 Å². The second-order valence-electron chi connectivity index (χ2n) is 3.21. The first-order chi connectivity index (χ1) is 7.68. The minimum Gasteiger partial charge on any atom is -0.351 e. The molecule has 0 unspecified atom stereocenters. The van der Waals surface area contributed by atoms with Crippen LogP contribution in [0.1, 0.15) is 0 Å². The second kappa shape index (κ2) is 4.26. The predicted molar refractivity (Wildman–Crippen MR) is 56.0 cm³/mol. The van der Waals surface area contributed by atoms with Gasteiger partial charge in [-0.3, -0.25) is 0 Å². The van der Waals surface area contributed by atoms with Gasteiger partial charge in [-0.1, -0.05) is 18.2 Å². The molecule has 1 nitrogen and oxygen atoms in total. The van der Waals surface area contributed by atoms with E-state index in [9.17, 15) is 13.2 Å². The van der Waals surface area contributed by atoms with Crippen LogP contribution in [0, 0.1) is 17.5 Å². The van der Waals surface area contributed by atoms with E-state index in [1.54, 1.807) is 6.07 Å². The Balaban J connectivity index is 2.35. The summed E-state index contributed by atoms with van der Waals surface area (Å²) in [4.78, 5) is 0. The van der Waals surface area contributed by atoms with Gasteiger partial charge in [0.05, 0.1) is 11.4 Å². The number of rotatable bonds is 2. The monoisotopic (exact) mass is 223 g/mol. The molecule has 0 saturated carbocycles. The van der Waals surface area contributed by atoms with Gasteiger partial charge in [-0.05, 0) is 24.3 Å². The van der Waals surface area contributed by atoms with Gasteiger partial charge in [0, 0.05) is 0 Å². The van der Waals surface area contributed by atoms with Crippen LogP contribution in [0.15, 0.2) is 42.5 Å². The highest BCUT2D eigenvalue weighted by atomic mass is 19.2. The Hall–Kier alpha value is -1.97. The maximum Gasteiger partial charge on any atom is 0.182 e. The quantitative estimate of drug-likeness (QED) is 0.815. The highest BCUT2D eigenvalue weighted by Gasteiger charge is 2.08. The highest BCUT2D eigenvalue weighted by Crippen LogP contribution is 2.23. The number of halogens is 3. The van der Waals surface area contributed by atoms with Gasteiger partial charge >= 0.3 is 0 Å². The molecule has 0 amide bonds. The van der Waals surface area contributed by atoms with Gasteiger partial charge < -0.3 is 5.32 Å². The lowest BCUT2D eigenvalue weighted by Gasteiger charge is -2.08. The summed E-state index contributed by atoms with van der Waals surface area (Å²) >= 11 is 0. The van der Waals surface area contributed by atoms with E-state index in [2.05, 4.69) is 5.32 Å². The molecule has 2 aromatic rings. The standard InChI is InChI=1S/C12H8F3N/c13-8-4-1-2-6-10(8)16-11-7-3-5-9(14)12(11)15/h1-7,16H. The molecule has 2 aromatic carbocycles. The lowest BCUT2D eigenvalue weighted by Crippen LogP contribution is -1.97. The van der Waals surface area contributed by atoms with E-state index in [-0.39, 0.29) is 11.4 Å². The van der Waals surface area contributed by atoms with E-state index in [1.807, 2.05) is 0 Å². The third kappa shape index (κ3) is 2.00. The largest absolute Gasteiger partial charge is 0.351 e. The Labute approximate surface area is 90.5 Å². The van der Waals surface area contributed by atoms with Crippen LogP contribution in [-0.4, -0.2) is 0 Å². The van der Waals surface area contributed by atoms with Crippen LogP contribution < -0.4 is 5.32 Å². The number of benzene rings is 2. The van der Waals surface area contributed by atoms with Crippen LogP contribution in [-0.2, 0) is 0 Å². The molecule has 0 atom stereocenters. The molecule has 0 aliphatic carbocycles. The summed E-state index contributed by atoms with van der Waals surface area (Å²) < 4.78 is 39.4. The fraction of sp³-hybridized carbons (Fsp3) is 0. The summed E-state index contributed by atoms with van der Waals surface area (Å²) in [5, 5.41) is 2.49. The molecule has 0 aromatic heterocycles. The van der Waals surface area contributed by atoms with Crippen molar-refractivity contribution in [2.75, 3.05) is 5.32 Å². The lowest BCUT2D eigenvalue weighted by atomic mass is 10.2. The summed E-state index contributed by atoms with van der Waals surface area (Å²) in [7, 11) is 0. The summed E-state index contributed by atoms with van der Waals surface area (Å²) in [5.41, 5.74) is 0.0112. The Morgan fingerprint density at radius 2 is 1.31 bits per heavy atom. The maximum absolute atomic E-state index is 13.3. The van der Waals surface area contributed by atoms with Crippen molar-refractivity contribution < 1.29 is 13.2 Å². The molecular formula is C12H8F3N. The van der Waals surface area contributed by atoms with Gasteiger partial charge in [-0.2, -0.15) is 0 Å². The van der Waals surface area contributed by atoms with Gasteiger partial charge in [0.25, 0.3) is 0 Å². The van der Waals surface area contributed by atoms with Gasteiger partial charge in [0.15, 0.2) is 11.6 Å². The molecule has 16 heavy (non-hydrogen) atoms. The number of hydrogen-bond acceptors (Lipinski definition) is 1. The molecule has 0 saturated heterocycles. The van der Waals surface area contributed by atoms with Crippen molar-refractivity contribution in [2.45, 2.75) is 0 Å². The van der Waals surface area contributed by atoms with Crippen molar-refractivity contribution in [3.05, 3.63) is 59.9 Å². The SMILES string of the molecule is Fc1ccccc1Nc1cccc(F)c1F. The van der Waals surface area contributed by atoms with E-state index >= 15 is 0 Å². The molecule has 0 radical (unpaired) electrons. The molecule has 0 aliphatic heterocycles. The van der Waals surface area contributed by atoms with E-state index in [0.717, 1.165) is 6.07 Å². The van der Waals surface area contributed by atoms with Crippen molar-refractivity contribution in [3.63, 3.8) is 0 Å². The first kappa shape index (κ1) is 10.5. The molecule has 2 rings (SSSR count). The van der Waals surface area contributed by atoms with Crippen LogP contribution >= 0.6 is 0 Å². The van der Waals surface area contributed by atoms with Crippen LogP contribution in [0.4, 0.5) is 24.5 Å². The molecule has 0 spiro atoms. The first-order valence-electron chi connectivity index (χ1n) is 4.64. The van der Waals surface area contributed by atoms with Crippen LogP contribution in [0.2, 0.25) is 0 Å². The van der Waals surface area contributed by atoms with Gasteiger partial charge in [-0.25, -0.2) is 13.2 Å². The van der Waals surface area contributed by atoms with Crippen LogP contribution in [0.25, 0.3) is 0 Å². The molecular weight excluding hydrogens is 215 g/mol. The van der Waals surface area contributed by atoms with E-state index in [1.165, 1.54) is 30.3 Å². The number of anilines is 2. The predicted octanol–water partition coefficient (Wildman–Crippen LogP) is 3.85. The number of para-hydroxylation sites is 1. The average molecular weight is 223 g/mol. The third-order valence-corrected chi connectivity index (χ3v) is 2.09. The second-order valence-corrected chi connectivity index (χ2v) is 3.21. The van der Waals surface area contributed by atoms with Crippen molar-refractivity contribution >= 4 is 11.4 Å². The van der Waals surface area contributed by atoms with Crippen molar-refractivity contribution in [3.8, 4) is 0 Å². The van der Waals surface area contributed by atoms with E-state index in [0.29, 0.717) is 0 Å². The molecule has 0 heterocycles. The van der Waals surface area contributed by atoms with Crippen molar-refractivity contribution in [1.82, 2.24) is 0 Å². The molecule has 1 N–H and O–H groups in total. The maximum atomic E-state index is 13.3. The topological polar surface area (TPSA) is 12.0 Å². The summed E-state index contributed by atoms with van der Waals surface area (Å²) in [6, 6.07) is 9.48. The van der Waals surface area contributed by atoms with Crippen molar-refractivity contribution in [2.24, 2.45) is 0 Å². The lowest BCUT2D eigenvalue weighted by molar-refractivity contribution is 0.511. The van der Waals surface area contributed by atoms with Gasteiger partial charge in [0.2, 0.25) is 0 Å². The minimum atomic E-state index is -1.02. The first-order valence-corrected chi connectivity index (χ1v) is 4.64. The molecule has 0 aliphatic rings. The molecule has 0 fully saturated rings. The van der Waals surface area contributed by atoms with E-state index in [4.69, 9.17) is 0 Å². The smallest absolute Gasteiger partial charge is 0.182 e. The van der Waals surface area contributed by atoms with Gasteiger partial charge in [0.1, 0.15) is 5.82 Å². The zero-order valence-electron chi connectivity index (χ0n) is 8.18. The fourth-order valence-electron chi connectivity index (χ4n) is 1.31. The molecule has 4 heteroatoms. The normalized spacial score (nSPS) is 10.2. The summed E-state index contributed by atoms with van der Waals surface area (Å²) in [6.45, 7) is 0. The third-order valence-electron chi connectivity index (χ3n) is 2.09. The molecule has 82 valence electrons. The number of hydrogen-bond donors (Lipinski definition) is 1. The Morgan fingerprint density at radius 1 is 0.688 bits per heavy atom. The highest BCUT2D eigenvalue weighted by molar-refractivity contribution is 5.60. The Kier molecular flexibility index (Phi) is 2.81. The summed E-state index contributed by atoms with van der Waals surface area (Å²) in [5.74, 6) is -2.52. The zero-order valence-corrected chi connectivity index (χ0v) is 8.18. The summed E-state index contributed by atoms with van der Waals surface area (Å²) in [6.07, 6.45) is 0. The fourth-order valence-corrected chi connectivity index (χ4v) is 1.31. The average Bonchev–Trinajstić information content (AvgIpc) is 2.28. The van der Waals surface area contributed by atoms with Crippen molar-refractivity contribution in [1.29, 1.82) is 0 Å². The number of nitrogens with one attached hydrogen (secondary N) is 1. The minimum absolute atomic E-state index is 0.0925. The zero-order chi connectivity index (χ0) is 11.5. The van der Waals surface area contributed by atoms with Crippen LogP contribution in [0.5, 0.6) is 0 Å². The van der Waals surface area contributed by atoms with Crippen LogP contribution in [0.3, 0.4) is 0 Å². The van der Waals surface area contributed by atoms with E-state index < -0.39 is 17.5 Å². The molecule has 0 bridgehead atoms. The Bertz CT molecular complexity index is 511.